The lowest BCUT2D eigenvalue weighted by atomic mass is 10.2. The van der Waals surface area contributed by atoms with E-state index in [0.29, 0.717) is 25.1 Å². The van der Waals surface area contributed by atoms with Crippen LogP contribution in [0.15, 0.2) is 58.3 Å². The molecule has 1 heterocycles. The summed E-state index contributed by atoms with van der Waals surface area (Å²) in [6.07, 6.45) is 2.42. The van der Waals surface area contributed by atoms with Crippen LogP contribution in [0.2, 0.25) is 0 Å². The number of ether oxygens (including phenoxy) is 1. The van der Waals surface area contributed by atoms with Gasteiger partial charge in [-0.05, 0) is 54.6 Å². The number of carboxylic acids is 1. The Labute approximate surface area is 163 Å². The van der Waals surface area contributed by atoms with Gasteiger partial charge in [0.2, 0.25) is 5.83 Å². The third kappa shape index (κ3) is 4.55. The molecule has 0 amide bonds. The number of thioether (sulfide) groups is 1. The Kier molecular flexibility index (Phi) is 6.25. The van der Waals surface area contributed by atoms with Gasteiger partial charge in [-0.15, -0.1) is 11.8 Å². The van der Waals surface area contributed by atoms with Gasteiger partial charge in [-0.1, -0.05) is 0 Å². The summed E-state index contributed by atoms with van der Waals surface area (Å²) in [5.41, 5.74) is 1.75. The summed E-state index contributed by atoms with van der Waals surface area (Å²) >= 11 is 2.79. The minimum Gasteiger partial charge on any atom is -0.476 e. The highest BCUT2D eigenvalue weighted by atomic mass is 32.2. The van der Waals surface area contributed by atoms with Crippen LogP contribution in [0.4, 0.5) is 20.2 Å². The molecule has 0 saturated heterocycles. The summed E-state index contributed by atoms with van der Waals surface area (Å²) in [4.78, 5) is 14.2. The van der Waals surface area contributed by atoms with E-state index in [1.54, 1.807) is 18.2 Å². The molecule has 0 spiro atoms. The number of hydrogen-bond acceptors (Lipinski definition) is 6. The zero-order valence-corrected chi connectivity index (χ0v) is 15.9. The summed E-state index contributed by atoms with van der Waals surface area (Å²) < 4.78 is 35.0. The van der Waals surface area contributed by atoms with E-state index in [1.807, 2.05) is 12.3 Å². The molecule has 0 aromatic heterocycles. The molecule has 0 atom stereocenters. The highest BCUT2D eigenvalue weighted by Gasteiger charge is 2.21. The van der Waals surface area contributed by atoms with E-state index >= 15 is 0 Å². The normalized spacial score (nSPS) is 14.5. The number of fused-ring (bicyclic) bond motifs is 1. The Morgan fingerprint density at radius 3 is 2.78 bits per heavy atom. The van der Waals surface area contributed by atoms with Gasteiger partial charge in [-0.25, -0.2) is 9.18 Å². The van der Waals surface area contributed by atoms with E-state index in [0.717, 1.165) is 21.2 Å². The van der Waals surface area contributed by atoms with Crippen molar-refractivity contribution in [1.29, 1.82) is 0 Å². The van der Waals surface area contributed by atoms with Crippen LogP contribution in [0, 0.1) is 5.82 Å². The number of nitrogens with one attached hydrogen (secondary N) is 1. The Bertz CT molecular complexity index is 876. The minimum atomic E-state index is -1.69. The highest BCUT2D eigenvalue weighted by molar-refractivity contribution is 7.98. The number of aliphatic carboxylic acids is 1. The number of carbonyl (C=O) groups is 1. The molecule has 1 aliphatic heterocycles. The largest absolute Gasteiger partial charge is 0.476 e. The van der Waals surface area contributed by atoms with Crippen molar-refractivity contribution < 1.29 is 23.4 Å². The number of hydrogen-bond donors (Lipinski definition) is 2. The highest BCUT2D eigenvalue weighted by Crippen LogP contribution is 2.42. The molecule has 0 bridgehead atoms. The molecule has 3 rings (SSSR count). The number of nitrogens with zero attached hydrogens (tertiary/aromatic N) is 1. The lowest BCUT2D eigenvalue weighted by Crippen LogP contribution is -2.23. The first kappa shape index (κ1) is 19.5. The van der Waals surface area contributed by atoms with Crippen LogP contribution < -0.4 is 14.4 Å². The third-order valence-electron chi connectivity index (χ3n) is 3.79. The van der Waals surface area contributed by atoms with Crippen LogP contribution in [-0.2, 0) is 4.79 Å². The lowest BCUT2D eigenvalue weighted by Gasteiger charge is -2.25. The first-order valence-corrected chi connectivity index (χ1v) is 9.94. The molecule has 2 N–H and O–H groups in total. The Hall–Kier alpha value is -2.23. The van der Waals surface area contributed by atoms with Crippen molar-refractivity contribution in [1.82, 2.24) is 4.72 Å². The average molecular weight is 410 g/mol. The smallest absolute Gasteiger partial charge is 0.368 e. The average Bonchev–Trinajstić information content (AvgIpc) is 2.87. The summed E-state index contributed by atoms with van der Waals surface area (Å²) in [7, 11) is 0. The molecule has 142 valence electrons. The molecule has 0 aliphatic carbocycles. The molecule has 2 aromatic rings. The maximum atomic E-state index is 13.3. The molecule has 0 radical (unpaired) electrons. The lowest BCUT2D eigenvalue weighted by molar-refractivity contribution is -0.134. The van der Waals surface area contributed by atoms with Crippen LogP contribution in [0.3, 0.4) is 0 Å². The molecule has 9 heteroatoms. The molecule has 0 unspecified atom stereocenters. The molecular weight excluding hydrogens is 394 g/mol. The summed E-state index contributed by atoms with van der Waals surface area (Å²) in [6.45, 7) is 1.36. The van der Waals surface area contributed by atoms with E-state index in [4.69, 9.17) is 9.84 Å². The van der Waals surface area contributed by atoms with Gasteiger partial charge in [0.05, 0.1) is 15.5 Å². The second kappa shape index (κ2) is 8.64. The number of halogens is 2. The summed E-state index contributed by atoms with van der Waals surface area (Å²) in [5, 5.41) is 8.62. The second-order valence-electron chi connectivity index (χ2n) is 5.48. The van der Waals surface area contributed by atoms with Crippen LogP contribution in [-0.4, -0.2) is 30.4 Å². The van der Waals surface area contributed by atoms with Crippen LogP contribution >= 0.6 is 23.7 Å². The van der Waals surface area contributed by atoms with Crippen molar-refractivity contribution in [2.45, 2.75) is 9.79 Å². The van der Waals surface area contributed by atoms with Crippen molar-refractivity contribution in [3.8, 4) is 5.75 Å². The molecule has 27 heavy (non-hydrogen) atoms. The number of anilines is 2. The zero-order valence-electron chi connectivity index (χ0n) is 14.2. The Morgan fingerprint density at radius 1 is 1.37 bits per heavy atom. The van der Waals surface area contributed by atoms with E-state index in [-0.39, 0.29) is 5.82 Å². The minimum absolute atomic E-state index is 0.304. The maximum absolute atomic E-state index is 13.3. The van der Waals surface area contributed by atoms with Gasteiger partial charge in [0.1, 0.15) is 17.8 Å². The Balaban J connectivity index is 2.01. The predicted octanol–water partition coefficient (Wildman–Crippen LogP) is 4.57. The van der Waals surface area contributed by atoms with Crippen LogP contribution in [0.5, 0.6) is 5.75 Å². The molecule has 0 fully saturated rings. The van der Waals surface area contributed by atoms with Gasteiger partial charge in [0.25, 0.3) is 0 Å². The zero-order chi connectivity index (χ0) is 19.4. The third-order valence-corrected chi connectivity index (χ3v) is 5.44. The first-order valence-electron chi connectivity index (χ1n) is 7.90. The van der Waals surface area contributed by atoms with E-state index in [9.17, 15) is 13.6 Å². The number of benzene rings is 2. The summed E-state index contributed by atoms with van der Waals surface area (Å²) in [6, 6.07) is 9.86. The second-order valence-corrected chi connectivity index (χ2v) is 7.26. The van der Waals surface area contributed by atoms with Crippen LogP contribution in [0.25, 0.3) is 0 Å². The fraction of sp³-hybridized carbons (Fsp3) is 0.167. The number of rotatable bonds is 5. The molecular formula is C18H16F2N2O3S2. The summed E-state index contributed by atoms with van der Waals surface area (Å²) in [5.74, 6) is -3.01. The molecule has 5 nitrogen and oxygen atoms in total. The van der Waals surface area contributed by atoms with Gasteiger partial charge in [0.15, 0.2) is 0 Å². The Morgan fingerprint density at radius 2 is 2.11 bits per heavy atom. The monoisotopic (exact) mass is 410 g/mol. The van der Waals surface area contributed by atoms with Crippen molar-refractivity contribution in [3.05, 3.63) is 54.3 Å². The van der Waals surface area contributed by atoms with E-state index in [2.05, 4.69) is 9.62 Å². The topological polar surface area (TPSA) is 61.8 Å². The van der Waals surface area contributed by atoms with Crippen molar-refractivity contribution in [3.63, 3.8) is 0 Å². The van der Waals surface area contributed by atoms with Crippen molar-refractivity contribution in [2.75, 3.05) is 24.2 Å². The molecule has 0 saturated carbocycles. The van der Waals surface area contributed by atoms with Crippen molar-refractivity contribution in [2.24, 2.45) is 0 Å². The molecule has 2 aromatic carbocycles. The van der Waals surface area contributed by atoms with Gasteiger partial charge in [0, 0.05) is 18.8 Å². The van der Waals surface area contributed by atoms with E-state index in [1.165, 1.54) is 35.8 Å². The van der Waals surface area contributed by atoms with Gasteiger partial charge < -0.3 is 14.7 Å². The van der Waals surface area contributed by atoms with E-state index < -0.39 is 11.8 Å². The fourth-order valence-corrected chi connectivity index (χ4v) is 3.86. The standard InChI is InChI=1S/C18H16F2N2O3S2/c1-26-17-8-14-16(9-15(17)25-10-13(20)18(23)24)27-21-6-7-22(14)12-4-2-11(19)3-5-12/h2-5,8-10,21H,6-7H2,1H3,(H,23,24)/b13-10-. The van der Waals surface area contributed by atoms with Crippen LogP contribution in [0.1, 0.15) is 0 Å². The molecule has 1 aliphatic rings. The predicted molar refractivity (Wildman–Crippen MR) is 103 cm³/mol. The maximum Gasteiger partial charge on any atom is 0.368 e. The van der Waals surface area contributed by atoms with Crippen molar-refractivity contribution >= 4 is 41.1 Å². The van der Waals surface area contributed by atoms with Gasteiger partial charge in [-0.2, -0.15) is 4.39 Å². The quantitative estimate of drug-likeness (QED) is 0.324. The first-order chi connectivity index (χ1) is 13.0. The van der Waals surface area contributed by atoms with Gasteiger partial charge in [-0.3, -0.25) is 4.72 Å². The number of carboxylic acid groups (broad SMARTS) is 1. The van der Waals surface area contributed by atoms with Gasteiger partial charge >= 0.3 is 5.97 Å². The SMILES string of the molecule is CSc1cc2c(cc1O/C=C(\F)C(=O)O)SNCCN2c1ccc(F)cc1. The fourth-order valence-electron chi connectivity index (χ4n) is 2.54.